The maximum atomic E-state index is 3.64. The van der Waals surface area contributed by atoms with E-state index in [1.807, 2.05) is 0 Å². The van der Waals surface area contributed by atoms with E-state index in [0.29, 0.717) is 11.5 Å². The molecule has 1 N–H and O–H groups in total. The largest absolute Gasteiger partial charge is 0.312 e. The van der Waals surface area contributed by atoms with Gasteiger partial charge in [0.1, 0.15) is 0 Å². The predicted octanol–water partition coefficient (Wildman–Crippen LogP) is 2.74. The van der Waals surface area contributed by atoms with E-state index in [1.165, 1.54) is 32.5 Å². The van der Waals surface area contributed by atoms with Crippen molar-refractivity contribution in [3.8, 4) is 0 Å². The van der Waals surface area contributed by atoms with Crippen molar-refractivity contribution in [1.82, 2.24) is 10.2 Å². The van der Waals surface area contributed by atoms with E-state index < -0.39 is 0 Å². The second-order valence-electron chi connectivity index (χ2n) is 6.48. The van der Waals surface area contributed by atoms with Crippen LogP contribution in [0.15, 0.2) is 0 Å². The number of hydrogen-bond acceptors (Lipinski definition) is 2. The summed E-state index contributed by atoms with van der Waals surface area (Å²) in [6, 6.07) is 0.614. The molecule has 0 saturated carbocycles. The number of rotatable bonds is 4. The van der Waals surface area contributed by atoms with E-state index in [4.69, 9.17) is 0 Å². The molecule has 0 aliphatic carbocycles. The summed E-state index contributed by atoms with van der Waals surface area (Å²) in [4.78, 5) is 2.65. The van der Waals surface area contributed by atoms with Gasteiger partial charge in [-0.25, -0.2) is 0 Å². The fourth-order valence-electron chi connectivity index (χ4n) is 2.60. The highest BCUT2D eigenvalue weighted by Crippen LogP contribution is 2.22. The lowest BCUT2D eigenvalue weighted by Gasteiger charge is -2.39. The van der Waals surface area contributed by atoms with E-state index in [0.717, 1.165) is 12.5 Å². The van der Waals surface area contributed by atoms with Crippen molar-refractivity contribution in [2.75, 3.05) is 26.2 Å². The van der Waals surface area contributed by atoms with Gasteiger partial charge in [-0.05, 0) is 37.3 Å². The van der Waals surface area contributed by atoms with Gasteiger partial charge in [-0.15, -0.1) is 0 Å². The molecule has 0 amide bonds. The summed E-state index contributed by atoms with van der Waals surface area (Å²) in [7, 11) is 0. The highest BCUT2D eigenvalue weighted by atomic mass is 15.2. The Morgan fingerprint density at radius 1 is 1.38 bits per heavy atom. The number of hydrogen-bond donors (Lipinski definition) is 1. The molecule has 16 heavy (non-hydrogen) atoms. The van der Waals surface area contributed by atoms with Crippen LogP contribution in [-0.2, 0) is 0 Å². The molecule has 1 fully saturated rings. The minimum absolute atomic E-state index is 0.358. The average molecular weight is 226 g/mol. The van der Waals surface area contributed by atoms with Gasteiger partial charge in [-0.2, -0.15) is 0 Å². The number of nitrogens with zero attached hydrogens (tertiary/aromatic N) is 1. The molecule has 1 aliphatic rings. The normalized spacial score (nSPS) is 25.7. The summed E-state index contributed by atoms with van der Waals surface area (Å²) >= 11 is 0. The van der Waals surface area contributed by atoms with Crippen LogP contribution in [0, 0.1) is 11.3 Å². The zero-order valence-corrected chi connectivity index (χ0v) is 11.8. The minimum Gasteiger partial charge on any atom is -0.312 e. The van der Waals surface area contributed by atoms with E-state index in [2.05, 4.69) is 44.8 Å². The van der Waals surface area contributed by atoms with Gasteiger partial charge in [0.05, 0.1) is 0 Å². The van der Waals surface area contributed by atoms with Gasteiger partial charge in [-0.1, -0.05) is 34.6 Å². The summed E-state index contributed by atoms with van der Waals surface area (Å²) in [5.41, 5.74) is 0.358. The molecule has 0 bridgehead atoms. The van der Waals surface area contributed by atoms with Crippen molar-refractivity contribution < 1.29 is 0 Å². The fourth-order valence-corrected chi connectivity index (χ4v) is 2.60. The van der Waals surface area contributed by atoms with Gasteiger partial charge in [-0.3, -0.25) is 0 Å². The predicted molar refractivity (Wildman–Crippen MR) is 71.8 cm³/mol. The maximum absolute atomic E-state index is 3.64. The molecule has 0 aromatic rings. The number of likely N-dealkylation sites (tertiary alicyclic amines) is 1. The third-order valence-electron chi connectivity index (χ3n) is 3.68. The molecular formula is C14H30N2. The zero-order valence-electron chi connectivity index (χ0n) is 11.8. The van der Waals surface area contributed by atoms with E-state index in [9.17, 15) is 0 Å². The Kier molecular flexibility index (Phi) is 5.26. The van der Waals surface area contributed by atoms with Crippen LogP contribution < -0.4 is 5.32 Å². The van der Waals surface area contributed by atoms with Crippen LogP contribution in [-0.4, -0.2) is 37.1 Å². The molecule has 2 atom stereocenters. The summed E-state index contributed by atoms with van der Waals surface area (Å²) in [6.07, 6.45) is 2.79. The summed E-state index contributed by atoms with van der Waals surface area (Å²) in [5.74, 6) is 0.885. The third kappa shape index (κ3) is 4.42. The topological polar surface area (TPSA) is 15.3 Å². The molecule has 2 nitrogen and oxygen atoms in total. The molecule has 0 aromatic carbocycles. The smallest absolute Gasteiger partial charge is 0.0243 e. The Labute approximate surface area is 102 Å². The van der Waals surface area contributed by atoms with Crippen LogP contribution >= 0.6 is 0 Å². The first-order chi connectivity index (χ1) is 7.43. The Hall–Kier alpha value is -0.0800. The van der Waals surface area contributed by atoms with Crippen LogP contribution in [0.5, 0.6) is 0 Å². The van der Waals surface area contributed by atoms with Crippen molar-refractivity contribution >= 4 is 0 Å². The molecule has 0 aromatic heterocycles. The highest BCUT2D eigenvalue weighted by molar-refractivity contribution is 4.84. The second-order valence-corrected chi connectivity index (χ2v) is 6.48. The van der Waals surface area contributed by atoms with Crippen molar-refractivity contribution in [2.45, 2.75) is 53.5 Å². The van der Waals surface area contributed by atoms with Crippen LogP contribution in [0.4, 0.5) is 0 Å². The first kappa shape index (κ1) is 14.0. The second kappa shape index (κ2) is 6.02. The number of piperidine rings is 1. The Bertz CT molecular complexity index is 195. The summed E-state index contributed by atoms with van der Waals surface area (Å²) in [6.45, 7) is 16.5. The SMILES string of the molecule is CCNC(CN1CCCC(C)C1)C(C)(C)C. The molecule has 0 spiro atoms. The summed E-state index contributed by atoms with van der Waals surface area (Å²) < 4.78 is 0. The van der Waals surface area contributed by atoms with Crippen LogP contribution in [0.25, 0.3) is 0 Å². The van der Waals surface area contributed by atoms with Crippen LogP contribution in [0.1, 0.15) is 47.5 Å². The zero-order chi connectivity index (χ0) is 12.2. The molecule has 0 radical (unpaired) electrons. The number of nitrogens with one attached hydrogen (secondary N) is 1. The van der Waals surface area contributed by atoms with Gasteiger partial charge in [0.2, 0.25) is 0 Å². The third-order valence-corrected chi connectivity index (χ3v) is 3.68. The lowest BCUT2D eigenvalue weighted by atomic mass is 9.85. The Morgan fingerprint density at radius 3 is 2.56 bits per heavy atom. The monoisotopic (exact) mass is 226 g/mol. The summed E-state index contributed by atoms with van der Waals surface area (Å²) in [5, 5.41) is 3.64. The molecule has 1 rings (SSSR count). The first-order valence-corrected chi connectivity index (χ1v) is 6.89. The standard InChI is InChI=1S/C14H30N2/c1-6-15-13(14(3,4)5)11-16-9-7-8-12(2)10-16/h12-13,15H,6-11H2,1-5H3. The van der Waals surface area contributed by atoms with E-state index >= 15 is 0 Å². The molecule has 1 aliphatic heterocycles. The lowest BCUT2D eigenvalue weighted by Crippen LogP contribution is -2.50. The van der Waals surface area contributed by atoms with Crippen molar-refractivity contribution in [2.24, 2.45) is 11.3 Å². The minimum atomic E-state index is 0.358. The maximum Gasteiger partial charge on any atom is 0.0243 e. The molecule has 1 saturated heterocycles. The van der Waals surface area contributed by atoms with E-state index in [1.54, 1.807) is 0 Å². The van der Waals surface area contributed by atoms with Crippen LogP contribution in [0.3, 0.4) is 0 Å². The molecule has 2 heteroatoms. The Morgan fingerprint density at radius 2 is 2.06 bits per heavy atom. The van der Waals surface area contributed by atoms with E-state index in [-0.39, 0.29) is 0 Å². The quantitative estimate of drug-likeness (QED) is 0.793. The fraction of sp³-hybridized carbons (Fsp3) is 1.00. The van der Waals surface area contributed by atoms with Gasteiger partial charge < -0.3 is 10.2 Å². The van der Waals surface area contributed by atoms with Gasteiger partial charge >= 0.3 is 0 Å². The number of likely N-dealkylation sites (N-methyl/N-ethyl adjacent to an activating group) is 1. The molecule has 2 unspecified atom stereocenters. The first-order valence-electron chi connectivity index (χ1n) is 6.89. The van der Waals surface area contributed by atoms with Crippen molar-refractivity contribution in [3.63, 3.8) is 0 Å². The average Bonchev–Trinajstić information content (AvgIpc) is 2.16. The lowest BCUT2D eigenvalue weighted by molar-refractivity contribution is 0.131. The van der Waals surface area contributed by atoms with Gasteiger partial charge in [0.25, 0.3) is 0 Å². The van der Waals surface area contributed by atoms with Crippen molar-refractivity contribution in [1.29, 1.82) is 0 Å². The Balaban J connectivity index is 2.47. The molecular weight excluding hydrogens is 196 g/mol. The van der Waals surface area contributed by atoms with Gasteiger partial charge in [0, 0.05) is 19.1 Å². The molecule has 96 valence electrons. The molecule has 1 heterocycles. The van der Waals surface area contributed by atoms with Gasteiger partial charge in [0.15, 0.2) is 0 Å². The highest BCUT2D eigenvalue weighted by Gasteiger charge is 2.27. The van der Waals surface area contributed by atoms with Crippen LogP contribution in [0.2, 0.25) is 0 Å². The van der Waals surface area contributed by atoms with Crippen molar-refractivity contribution in [3.05, 3.63) is 0 Å².